The van der Waals surface area contributed by atoms with Gasteiger partial charge < -0.3 is 15.6 Å². The van der Waals surface area contributed by atoms with Crippen LogP contribution in [0.3, 0.4) is 0 Å². The van der Waals surface area contributed by atoms with Crippen LogP contribution in [0.15, 0.2) is 49.9 Å². The summed E-state index contributed by atoms with van der Waals surface area (Å²) < 4.78 is 1.20. The molecule has 0 saturated heterocycles. The fraction of sp³-hybridized carbons (Fsp3) is 0.286. The summed E-state index contributed by atoms with van der Waals surface area (Å²) in [6.45, 7) is 1.85. The number of amides is 1. The van der Waals surface area contributed by atoms with E-state index in [-0.39, 0.29) is 36.5 Å². The molecule has 0 bridgehead atoms. The number of hydrogen-bond acceptors (Lipinski definition) is 7. The van der Waals surface area contributed by atoms with Crippen molar-refractivity contribution in [3.05, 3.63) is 78.3 Å². The molecule has 11 heteroatoms. The van der Waals surface area contributed by atoms with Crippen molar-refractivity contribution < 1.29 is 4.79 Å². The number of H-pyrrole nitrogens is 2. The quantitative estimate of drug-likeness (QED) is 0.353. The summed E-state index contributed by atoms with van der Waals surface area (Å²) in [6, 6.07) is 9.13. The van der Waals surface area contributed by atoms with Crippen LogP contribution in [-0.2, 0) is 17.8 Å². The summed E-state index contributed by atoms with van der Waals surface area (Å²) in [7, 11) is 1.41. The van der Waals surface area contributed by atoms with Crippen molar-refractivity contribution in [3.8, 4) is 0 Å². The van der Waals surface area contributed by atoms with Gasteiger partial charge in [-0.3, -0.25) is 23.9 Å². The molecule has 0 aliphatic carbocycles. The van der Waals surface area contributed by atoms with Crippen molar-refractivity contribution in [3.63, 3.8) is 0 Å². The van der Waals surface area contributed by atoms with Crippen molar-refractivity contribution in [1.82, 2.24) is 19.5 Å². The van der Waals surface area contributed by atoms with Gasteiger partial charge in [-0.15, -0.1) is 0 Å². The van der Waals surface area contributed by atoms with Crippen molar-refractivity contribution in [1.29, 1.82) is 0 Å². The van der Waals surface area contributed by atoms with Crippen LogP contribution in [0, 0.1) is 6.92 Å². The number of carbonyl (C=O) groups excluding carboxylic acids is 1. The Morgan fingerprint density at radius 2 is 1.84 bits per heavy atom. The molecule has 0 fully saturated rings. The Hall–Kier alpha value is -3.60. The number of benzene rings is 1. The highest BCUT2D eigenvalue weighted by Crippen LogP contribution is 2.18. The zero-order valence-corrected chi connectivity index (χ0v) is 18.8. The first kappa shape index (κ1) is 23.1. The molecule has 4 N–H and O–H groups in total. The SMILES string of the molecule is CSc1nc(C)c(CCC(=O)N(C)c2c(N)n(Cc3ccccc3)c(=O)[nH]c2=O)c(=O)[nH]1. The number of nitrogens with one attached hydrogen (secondary N) is 2. The van der Waals surface area contributed by atoms with Gasteiger partial charge in [0.15, 0.2) is 10.8 Å². The van der Waals surface area contributed by atoms with Gasteiger partial charge in [0.25, 0.3) is 11.1 Å². The number of aryl methyl sites for hydroxylation is 1. The molecule has 168 valence electrons. The lowest BCUT2D eigenvalue weighted by Crippen LogP contribution is -2.39. The molecule has 1 aromatic carbocycles. The monoisotopic (exact) mass is 456 g/mol. The van der Waals surface area contributed by atoms with Crippen LogP contribution in [0.1, 0.15) is 23.2 Å². The third-order valence-corrected chi connectivity index (χ3v) is 5.67. The first-order chi connectivity index (χ1) is 15.2. The van der Waals surface area contributed by atoms with Crippen LogP contribution in [0.4, 0.5) is 11.5 Å². The van der Waals surface area contributed by atoms with E-state index in [0.29, 0.717) is 16.4 Å². The van der Waals surface area contributed by atoms with Gasteiger partial charge in [-0.05, 0) is 25.2 Å². The molecule has 0 aliphatic heterocycles. The molecule has 0 saturated carbocycles. The predicted molar refractivity (Wildman–Crippen MR) is 124 cm³/mol. The van der Waals surface area contributed by atoms with E-state index in [4.69, 9.17) is 5.73 Å². The predicted octanol–water partition coefficient (Wildman–Crippen LogP) is 0.876. The first-order valence-corrected chi connectivity index (χ1v) is 11.0. The van der Waals surface area contributed by atoms with E-state index in [1.54, 1.807) is 13.2 Å². The maximum atomic E-state index is 12.8. The number of aromatic nitrogens is 4. The van der Waals surface area contributed by atoms with Crippen molar-refractivity contribution in [2.24, 2.45) is 0 Å². The van der Waals surface area contributed by atoms with Crippen LogP contribution in [0.5, 0.6) is 0 Å². The minimum atomic E-state index is -0.757. The van der Waals surface area contributed by atoms with Crippen LogP contribution in [-0.4, -0.2) is 38.7 Å². The summed E-state index contributed by atoms with van der Waals surface area (Å²) in [4.78, 5) is 60.2. The van der Waals surface area contributed by atoms with E-state index in [1.807, 2.05) is 30.3 Å². The maximum Gasteiger partial charge on any atom is 0.330 e. The fourth-order valence-corrected chi connectivity index (χ4v) is 3.75. The number of anilines is 2. The number of rotatable bonds is 7. The molecule has 0 spiro atoms. The summed E-state index contributed by atoms with van der Waals surface area (Å²) >= 11 is 1.32. The number of carbonyl (C=O) groups is 1. The molecule has 2 heterocycles. The molecule has 2 aromatic heterocycles. The third kappa shape index (κ3) is 4.83. The van der Waals surface area contributed by atoms with Gasteiger partial charge in [-0.1, -0.05) is 42.1 Å². The van der Waals surface area contributed by atoms with Gasteiger partial charge in [0.2, 0.25) is 5.91 Å². The molecule has 32 heavy (non-hydrogen) atoms. The van der Waals surface area contributed by atoms with Gasteiger partial charge >= 0.3 is 5.69 Å². The minimum Gasteiger partial charge on any atom is -0.383 e. The molecule has 0 aliphatic rings. The Kier molecular flexibility index (Phi) is 6.98. The Morgan fingerprint density at radius 1 is 1.16 bits per heavy atom. The average molecular weight is 457 g/mol. The van der Waals surface area contributed by atoms with Gasteiger partial charge in [0.1, 0.15) is 5.82 Å². The number of aromatic amines is 2. The molecule has 0 radical (unpaired) electrons. The normalized spacial score (nSPS) is 10.8. The van der Waals surface area contributed by atoms with E-state index in [0.717, 1.165) is 10.5 Å². The van der Waals surface area contributed by atoms with Crippen molar-refractivity contribution in [2.75, 3.05) is 23.9 Å². The number of hydrogen-bond donors (Lipinski definition) is 3. The molecule has 3 rings (SSSR count). The molecule has 3 aromatic rings. The topological polar surface area (TPSA) is 147 Å². The molecular formula is C21H24N6O4S. The third-order valence-electron chi connectivity index (χ3n) is 5.09. The maximum absolute atomic E-state index is 12.8. The van der Waals surface area contributed by atoms with E-state index < -0.39 is 17.2 Å². The van der Waals surface area contributed by atoms with Crippen LogP contribution in [0.25, 0.3) is 0 Å². The molecule has 1 amide bonds. The van der Waals surface area contributed by atoms with Crippen LogP contribution in [0.2, 0.25) is 0 Å². The highest BCUT2D eigenvalue weighted by atomic mass is 32.2. The summed E-state index contributed by atoms with van der Waals surface area (Å²) in [5.74, 6) is -0.543. The van der Waals surface area contributed by atoms with Crippen LogP contribution >= 0.6 is 11.8 Å². The largest absolute Gasteiger partial charge is 0.383 e. The zero-order chi connectivity index (χ0) is 23.4. The Balaban J connectivity index is 1.86. The van der Waals surface area contributed by atoms with E-state index in [9.17, 15) is 19.2 Å². The summed E-state index contributed by atoms with van der Waals surface area (Å²) in [5, 5.41) is 0.500. The highest BCUT2D eigenvalue weighted by molar-refractivity contribution is 7.98. The number of nitrogen functional groups attached to an aromatic ring is 1. The van der Waals surface area contributed by atoms with Crippen molar-refractivity contribution in [2.45, 2.75) is 31.5 Å². The minimum absolute atomic E-state index is 0.0442. The number of nitrogens with two attached hydrogens (primary N) is 1. The second-order valence-corrected chi connectivity index (χ2v) is 7.95. The van der Waals surface area contributed by atoms with Gasteiger partial charge in [0.05, 0.1) is 6.54 Å². The zero-order valence-electron chi connectivity index (χ0n) is 18.0. The van der Waals surface area contributed by atoms with Gasteiger partial charge in [0, 0.05) is 24.7 Å². The molecule has 0 atom stereocenters. The van der Waals surface area contributed by atoms with Gasteiger partial charge in [-0.25, -0.2) is 9.78 Å². The number of thioether (sulfide) groups is 1. The van der Waals surface area contributed by atoms with Crippen molar-refractivity contribution >= 4 is 29.2 Å². The fourth-order valence-electron chi connectivity index (χ4n) is 3.32. The molecule has 0 unspecified atom stereocenters. The second kappa shape index (κ2) is 9.69. The lowest BCUT2D eigenvalue weighted by atomic mass is 10.1. The van der Waals surface area contributed by atoms with E-state index in [1.165, 1.54) is 23.4 Å². The Labute approximate surface area is 187 Å². The van der Waals surface area contributed by atoms with E-state index in [2.05, 4.69) is 15.0 Å². The highest BCUT2D eigenvalue weighted by Gasteiger charge is 2.21. The summed E-state index contributed by atoms with van der Waals surface area (Å²) in [6.07, 6.45) is 1.90. The first-order valence-electron chi connectivity index (χ1n) is 9.79. The molecule has 10 nitrogen and oxygen atoms in total. The van der Waals surface area contributed by atoms with Gasteiger partial charge in [-0.2, -0.15) is 0 Å². The summed E-state index contributed by atoms with van der Waals surface area (Å²) in [5.41, 5.74) is 6.06. The smallest absolute Gasteiger partial charge is 0.330 e. The average Bonchev–Trinajstić information content (AvgIpc) is 2.76. The van der Waals surface area contributed by atoms with E-state index >= 15 is 0 Å². The molecular weight excluding hydrogens is 432 g/mol. The lowest BCUT2D eigenvalue weighted by molar-refractivity contribution is -0.118. The Bertz CT molecular complexity index is 1310. The second-order valence-electron chi connectivity index (χ2n) is 7.16. The standard InChI is InChI=1S/C21H24N6O4S/c1-12-14(18(29)24-20(23-12)32-3)9-10-15(28)26(2)16-17(22)27(21(31)25-19(16)30)11-13-7-5-4-6-8-13/h4-8H,9-11,22H2,1-3H3,(H,23,24,29)(H,25,30,31). The Morgan fingerprint density at radius 3 is 2.47 bits per heavy atom. The number of nitrogens with zero attached hydrogens (tertiary/aromatic N) is 3. The lowest BCUT2D eigenvalue weighted by Gasteiger charge is -2.20. The van der Waals surface area contributed by atoms with Crippen LogP contribution < -0.4 is 27.4 Å².